The minimum absolute atomic E-state index is 0.417. The van der Waals surface area contributed by atoms with Crippen molar-refractivity contribution in [3.63, 3.8) is 0 Å². The summed E-state index contributed by atoms with van der Waals surface area (Å²) in [7, 11) is 0. The molecule has 0 aliphatic carbocycles. The van der Waals surface area contributed by atoms with Crippen molar-refractivity contribution in [1.82, 2.24) is 4.98 Å². The summed E-state index contributed by atoms with van der Waals surface area (Å²) >= 11 is 3.21. The zero-order chi connectivity index (χ0) is 13.4. The number of nitrogens with two attached hydrogens (primary N) is 1. The highest BCUT2D eigenvalue weighted by Crippen LogP contribution is 2.40. The lowest BCUT2D eigenvalue weighted by Gasteiger charge is -2.05. The van der Waals surface area contributed by atoms with Crippen molar-refractivity contribution in [2.24, 2.45) is 5.73 Å². The first-order valence-electron chi connectivity index (χ1n) is 5.79. The van der Waals surface area contributed by atoms with E-state index in [2.05, 4.69) is 24.0 Å². The number of rotatable bonds is 3. The number of benzene rings is 1. The molecule has 0 bridgehead atoms. The van der Waals surface area contributed by atoms with Gasteiger partial charge in [0, 0.05) is 4.90 Å². The maximum absolute atomic E-state index is 11.5. The van der Waals surface area contributed by atoms with E-state index in [4.69, 9.17) is 5.73 Å². The molecule has 0 atom stereocenters. The fraction of sp³-hybridized carbons (Fsp3) is 0.0714. The van der Waals surface area contributed by atoms with Crippen LogP contribution in [0.1, 0.15) is 16.1 Å². The van der Waals surface area contributed by atoms with Gasteiger partial charge in [0.1, 0.15) is 5.69 Å². The first-order valence-corrected chi connectivity index (χ1v) is 7.49. The fourth-order valence-corrected chi connectivity index (χ4v) is 4.06. The van der Waals surface area contributed by atoms with Gasteiger partial charge in [0.05, 0.1) is 15.1 Å². The van der Waals surface area contributed by atoms with Gasteiger partial charge in [-0.1, -0.05) is 30.0 Å². The zero-order valence-corrected chi connectivity index (χ0v) is 11.9. The normalized spacial score (nSPS) is 11.0. The molecule has 0 fully saturated rings. The van der Waals surface area contributed by atoms with Gasteiger partial charge in [-0.05, 0) is 30.0 Å². The summed E-state index contributed by atoms with van der Waals surface area (Å²) in [6.45, 7) is 2.06. The van der Waals surface area contributed by atoms with Crippen LogP contribution < -0.4 is 5.73 Å². The molecule has 0 saturated heterocycles. The third kappa shape index (κ3) is 2.15. The van der Waals surface area contributed by atoms with Crippen LogP contribution in [-0.2, 0) is 0 Å². The molecule has 0 unspecified atom stereocenters. The van der Waals surface area contributed by atoms with Crippen LogP contribution in [0.5, 0.6) is 0 Å². The second-order valence-electron chi connectivity index (χ2n) is 4.22. The van der Waals surface area contributed by atoms with Gasteiger partial charge in [0.2, 0.25) is 0 Å². The van der Waals surface area contributed by atoms with Crippen LogP contribution in [0, 0.1) is 6.92 Å². The summed E-state index contributed by atoms with van der Waals surface area (Å²) in [4.78, 5) is 16.7. The summed E-state index contributed by atoms with van der Waals surface area (Å²) in [5, 5.41) is 2.01. The van der Waals surface area contributed by atoms with Crippen LogP contribution in [0.4, 0.5) is 0 Å². The van der Waals surface area contributed by atoms with Crippen LogP contribution >= 0.6 is 23.1 Å². The highest BCUT2D eigenvalue weighted by atomic mass is 32.2. The van der Waals surface area contributed by atoms with Crippen molar-refractivity contribution in [1.29, 1.82) is 0 Å². The molecule has 96 valence electrons. The number of carbonyl (C=O) groups is 1. The molecule has 3 N–H and O–H groups in total. The number of primary amides is 1. The molecule has 3 nitrogen and oxygen atoms in total. The fourth-order valence-electron chi connectivity index (χ4n) is 1.94. The van der Waals surface area contributed by atoms with Gasteiger partial charge in [0.15, 0.2) is 0 Å². The van der Waals surface area contributed by atoms with Crippen molar-refractivity contribution in [2.45, 2.75) is 16.7 Å². The van der Waals surface area contributed by atoms with Gasteiger partial charge in [-0.3, -0.25) is 4.79 Å². The standard InChI is InChI=1S/C14H12N2OS2/c1-8-4-2-3-5-10(8)19-13-11(14(15)17)16-9-6-7-18-12(9)13/h2-7,16H,1H3,(H2,15,17). The molecular formula is C14H12N2OS2. The maximum atomic E-state index is 11.5. The number of aryl methyl sites for hydroxylation is 1. The van der Waals surface area contributed by atoms with Crippen LogP contribution in [-0.4, -0.2) is 10.9 Å². The third-order valence-corrected chi connectivity index (χ3v) is 5.26. The van der Waals surface area contributed by atoms with E-state index < -0.39 is 5.91 Å². The Morgan fingerprint density at radius 2 is 2.11 bits per heavy atom. The Morgan fingerprint density at radius 1 is 1.32 bits per heavy atom. The number of carbonyl (C=O) groups excluding carboxylic acids is 1. The molecule has 0 radical (unpaired) electrons. The van der Waals surface area contributed by atoms with E-state index in [1.807, 2.05) is 23.6 Å². The van der Waals surface area contributed by atoms with Crippen molar-refractivity contribution in [3.8, 4) is 0 Å². The van der Waals surface area contributed by atoms with E-state index in [1.54, 1.807) is 23.1 Å². The van der Waals surface area contributed by atoms with E-state index in [0.717, 1.165) is 20.0 Å². The minimum Gasteiger partial charge on any atom is -0.364 e. The minimum atomic E-state index is -0.417. The number of hydrogen-bond acceptors (Lipinski definition) is 3. The summed E-state index contributed by atoms with van der Waals surface area (Å²) in [6, 6.07) is 10.1. The highest BCUT2D eigenvalue weighted by Gasteiger charge is 2.18. The molecule has 19 heavy (non-hydrogen) atoms. The second kappa shape index (κ2) is 4.75. The number of thiophene rings is 1. The van der Waals surface area contributed by atoms with Gasteiger partial charge >= 0.3 is 0 Å². The summed E-state index contributed by atoms with van der Waals surface area (Å²) in [5.74, 6) is -0.417. The second-order valence-corrected chi connectivity index (χ2v) is 6.19. The number of fused-ring (bicyclic) bond motifs is 1. The van der Waals surface area contributed by atoms with Crippen LogP contribution in [0.25, 0.3) is 10.2 Å². The van der Waals surface area contributed by atoms with Crippen LogP contribution in [0.15, 0.2) is 45.5 Å². The predicted octanol–water partition coefficient (Wildman–Crippen LogP) is 3.79. The molecule has 2 heterocycles. The first-order chi connectivity index (χ1) is 9.16. The SMILES string of the molecule is Cc1ccccc1Sc1c(C(N)=O)[nH]c2ccsc12. The molecule has 5 heteroatoms. The monoisotopic (exact) mass is 288 g/mol. The Balaban J connectivity index is 2.13. The molecule has 0 aliphatic rings. The molecule has 3 rings (SSSR count). The maximum Gasteiger partial charge on any atom is 0.266 e. The first kappa shape index (κ1) is 12.3. The van der Waals surface area contributed by atoms with Crippen molar-refractivity contribution in [2.75, 3.05) is 0 Å². The van der Waals surface area contributed by atoms with Gasteiger partial charge in [-0.25, -0.2) is 0 Å². The molecular weight excluding hydrogens is 276 g/mol. The molecule has 2 aromatic heterocycles. The van der Waals surface area contributed by atoms with Crippen LogP contribution in [0.3, 0.4) is 0 Å². The van der Waals surface area contributed by atoms with Gasteiger partial charge in [0.25, 0.3) is 5.91 Å². The van der Waals surface area contributed by atoms with Gasteiger partial charge in [-0.15, -0.1) is 11.3 Å². The summed E-state index contributed by atoms with van der Waals surface area (Å²) in [6.07, 6.45) is 0. The molecule has 3 aromatic rings. The molecule has 1 amide bonds. The van der Waals surface area contributed by atoms with Crippen molar-refractivity contribution >= 4 is 39.2 Å². The Hall–Kier alpha value is -1.72. The lowest BCUT2D eigenvalue weighted by atomic mass is 10.2. The smallest absolute Gasteiger partial charge is 0.266 e. The molecule has 0 spiro atoms. The van der Waals surface area contributed by atoms with E-state index >= 15 is 0 Å². The lowest BCUT2D eigenvalue weighted by molar-refractivity contribution is 0.0993. The number of nitrogens with one attached hydrogen (secondary N) is 1. The number of hydrogen-bond donors (Lipinski definition) is 2. The number of aromatic amines is 1. The topological polar surface area (TPSA) is 58.9 Å². The number of H-pyrrole nitrogens is 1. The highest BCUT2D eigenvalue weighted by molar-refractivity contribution is 7.99. The molecule has 1 aromatic carbocycles. The summed E-state index contributed by atoms with van der Waals surface area (Å²) < 4.78 is 1.09. The van der Waals surface area contributed by atoms with Crippen LogP contribution in [0.2, 0.25) is 0 Å². The average molecular weight is 288 g/mol. The zero-order valence-electron chi connectivity index (χ0n) is 10.3. The van der Waals surface area contributed by atoms with E-state index in [9.17, 15) is 4.79 Å². The van der Waals surface area contributed by atoms with E-state index in [1.165, 1.54) is 5.56 Å². The average Bonchev–Trinajstić information content (AvgIpc) is 2.94. The number of amides is 1. The quantitative estimate of drug-likeness (QED) is 0.770. The van der Waals surface area contributed by atoms with E-state index in [-0.39, 0.29) is 0 Å². The molecule has 0 aliphatic heterocycles. The summed E-state index contributed by atoms with van der Waals surface area (Å²) in [5.41, 5.74) is 8.10. The van der Waals surface area contributed by atoms with Gasteiger partial charge in [-0.2, -0.15) is 0 Å². The predicted molar refractivity (Wildman–Crippen MR) is 80.0 cm³/mol. The Morgan fingerprint density at radius 3 is 2.84 bits per heavy atom. The Bertz CT molecular complexity index is 758. The number of aromatic nitrogens is 1. The van der Waals surface area contributed by atoms with Gasteiger partial charge < -0.3 is 10.7 Å². The molecule has 0 saturated carbocycles. The lowest BCUT2D eigenvalue weighted by Crippen LogP contribution is -2.12. The van der Waals surface area contributed by atoms with Crippen molar-refractivity contribution < 1.29 is 4.79 Å². The van der Waals surface area contributed by atoms with E-state index in [0.29, 0.717) is 5.69 Å². The Kier molecular flexibility index (Phi) is 3.08. The Labute approximate surface area is 118 Å². The third-order valence-electron chi connectivity index (χ3n) is 2.91. The largest absolute Gasteiger partial charge is 0.364 e. The van der Waals surface area contributed by atoms with Crippen molar-refractivity contribution in [3.05, 3.63) is 47.0 Å².